The van der Waals surface area contributed by atoms with E-state index in [2.05, 4.69) is 5.10 Å². The van der Waals surface area contributed by atoms with Crippen LogP contribution in [-0.2, 0) is 5.72 Å². The highest BCUT2D eigenvalue weighted by molar-refractivity contribution is 6.00. The Morgan fingerprint density at radius 3 is 1.97 bits per heavy atom. The lowest BCUT2D eigenvalue weighted by Crippen LogP contribution is -2.43. The molecule has 1 aliphatic rings. The van der Waals surface area contributed by atoms with E-state index in [1.807, 2.05) is 30.3 Å². The Hall–Kier alpha value is -3.45. The van der Waals surface area contributed by atoms with Gasteiger partial charge in [0.2, 0.25) is 0 Å². The molecule has 4 nitrogen and oxygen atoms in total. The van der Waals surface area contributed by atoms with Crippen LogP contribution in [0.5, 0.6) is 0 Å². The molecule has 0 aliphatic carbocycles. The highest BCUT2D eigenvalue weighted by Crippen LogP contribution is 2.40. The molecule has 152 valence electrons. The fraction of sp³-hybridized carbons (Fsp3) is 0.130. The number of carbonyl (C=O) groups excluding carboxylic acids is 1. The minimum Gasteiger partial charge on any atom is -0.365 e. The van der Waals surface area contributed by atoms with Crippen molar-refractivity contribution < 1.29 is 23.1 Å². The summed E-state index contributed by atoms with van der Waals surface area (Å²) in [7, 11) is 0. The van der Waals surface area contributed by atoms with Gasteiger partial charge in [0.15, 0.2) is 5.72 Å². The molecule has 1 aliphatic heterocycles. The number of hydrazone groups is 1. The monoisotopic (exact) mass is 410 g/mol. The fourth-order valence-corrected chi connectivity index (χ4v) is 3.41. The summed E-state index contributed by atoms with van der Waals surface area (Å²) in [6, 6.07) is 23.6. The van der Waals surface area contributed by atoms with E-state index in [0.717, 1.165) is 11.1 Å². The van der Waals surface area contributed by atoms with Gasteiger partial charge in [0.25, 0.3) is 5.91 Å². The molecule has 0 fully saturated rings. The van der Waals surface area contributed by atoms with Crippen LogP contribution in [0.2, 0.25) is 0 Å². The Morgan fingerprint density at radius 1 is 0.867 bits per heavy atom. The molecule has 0 spiro atoms. The van der Waals surface area contributed by atoms with Crippen LogP contribution in [0.3, 0.4) is 0 Å². The molecule has 1 atom stereocenters. The maximum Gasteiger partial charge on any atom is 0.431 e. The van der Waals surface area contributed by atoms with Crippen LogP contribution < -0.4 is 0 Å². The largest absolute Gasteiger partial charge is 0.431 e. The molecule has 1 amide bonds. The molecule has 0 saturated heterocycles. The Balaban J connectivity index is 1.70. The predicted molar refractivity (Wildman–Crippen MR) is 106 cm³/mol. The molecule has 0 saturated carbocycles. The molecule has 7 heteroatoms. The molecule has 0 radical (unpaired) electrons. The maximum absolute atomic E-state index is 13.3. The van der Waals surface area contributed by atoms with Crippen LogP contribution in [0.25, 0.3) is 11.1 Å². The number of halogens is 3. The zero-order valence-corrected chi connectivity index (χ0v) is 15.7. The third kappa shape index (κ3) is 3.59. The van der Waals surface area contributed by atoms with Crippen molar-refractivity contribution in [2.24, 2.45) is 5.10 Å². The third-order valence-electron chi connectivity index (χ3n) is 4.98. The summed E-state index contributed by atoms with van der Waals surface area (Å²) in [5, 5.41) is 15.1. The summed E-state index contributed by atoms with van der Waals surface area (Å²) < 4.78 is 40.0. The third-order valence-corrected chi connectivity index (χ3v) is 4.98. The number of aliphatic hydroxyl groups is 1. The van der Waals surface area contributed by atoms with Gasteiger partial charge >= 0.3 is 6.18 Å². The van der Waals surface area contributed by atoms with Gasteiger partial charge in [-0.05, 0) is 23.3 Å². The van der Waals surface area contributed by atoms with Gasteiger partial charge in [-0.1, -0.05) is 72.8 Å². The van der Waals surface area contributed by atoms with Crippen molar-refractivity contribution in [1.82, 2.24) is 5.01 Å². The molecular formula is C23H17F3N2O2. The molecule has 4 rings (SSSR count). The average molecular weight is 410 g/mol. The van der Waals surface area contributed by atoms with Gasteiger partial charge < -0.3 is 5.11 Å². The zero-order valence-electron chi connectivity index (χ0n) is 15.7. The molecular weight excluding hydrogens is 393 g/mol. The van der Waals surface area contributed by atoms with Gasteiger partial charge in [-0.25, -0.2) is 0 Å². The number of benzene rings is 3. The predicted octanol–water partition coefficient (Wildman–Crippen LogP) is 4.96. The summed E-state index contributed by atoms with van der Waals surface area (Å²) in [4.78, 5) is 13.0. The quantitative estimate of drug-likeness (QED) is 0.663. The van der Waals surface area contributed by atoms with E-state index < -0.39 is 29.9 Å². The second-order valence-electron chi connectivity index (χ2n) is 6.96. The van der Waals surface area contributed by atoms with Crippen molar-refractivity contribution in [3.05, 3.63) is 96.1 Å². The van der Waals surface area contributed by atoms with E-state index >= 15 is 0 Å². The first-order chi connectivity index (χ1) is 14.3. The van der Waals surface area contributed by atoms with Crippen molar-refractivity contribution in [1.29, 1.82) is 0 Å². The van der Waals surface area contributed by atoms with E-state index in [1.54, 1.807) is 30.3 Å². The summed E-state index contributed by atoms with van der Waals surface area (Å²) in [6.45, 7) is 0. The van der Waals surface area contributed by atoms with Crippen molar-refractivity contribution in [2.45, 2.75) is 18.3 Å². The van der Waals surface area contributed by atoms with Gasteiger partial charge in [-0.2, -0.15) is 23.3 Å². The normalized spacial score (nSPS) is 18.9. The summed E-state index contributed by atoms with van der Waals surface area (Å²) >= 11 is 0. The van der Waals surface area contributed by atoms with E-state index in [0.29, 0.717) is 5.01 Å². The number of alkyl halides is 3. The number of amides is 1. The number of hydrogen-bond donors (Lipinski definition) is 1. The molecule has 1 heterocycles. The van der Waals surface area contributed by atoms with E-state index in [-0.39, 0.29) is 11.1 Å². The van der Waals surface area contributed by atoms with Crippen molar-refractivity contribution in [3.8, 4) is 11.1 Å². The summed E-state index contributed by atoms with van der Waals surface area (Å²) in [5.41, 5.74) is -1.36. The van der Waals surface area contributed by atoms with Crippen LogP contribution in [0, 0.1) is 0 Å². The molecule has 30 heavy (non-hydrogen) atoms. The number of nitrogens with zero attached hydrogens (tertiary/aromatic N) is 2. The number of hydrogen-bond acceptors (Lipinski definition) is 3. The lowest BCUT2D eigenvalue weighted by molar-refractivity contribution is -0.0816. The molecule has 0 aromatic heterocycles. The summed E-state index contributed by atoms with van der Waals surface area (Å²) in [6.07, 6.45) is -5.59. The maximum atomic E-state index is 13.3. The lowest BCUT2D eigenvalue weighted by Gasteiger charge is -2.31. The second-order valence-corrected chi connectivity index (χ2v) is 6.96. The standard InChI is InChI=1S/C23H17F3N2O2/c24-23(25,26)20-15-22(30,19-9-5-2-6-10-19)28(27-20)21(29)18-13-11-17(12-14-18)16-7-3-1-4-8-16/h1-14,30H,15H2/t22-/m0/s1. The first-order valence-electron chi connectivity index (χ1n) is 9.22. The minimum absolute atomic E-state index is 0.121. The average Bonchev–Trinajstić information content (AvgIpc) is 3.14. The highest BCUT2D eigenvalue weighted by Gasteiger charge is 2.53. The van der Waals surface area contributed by atoms with Crippen LogP contribution >= 0.6 is 0 Å². The van der Waals surface area contributed by atoms with Gasteiger partial charge in [0, 0.05) is 11.1 Å². The number of rotatable bonds is 3. The Morgan fingerprint density at radius 2 is 1.40 bits per heavy atom. The summed E-state index contributed by atoms with van der Waals surface area (Å²) in [5.74, 6) is -0.819. The molecule has 3 aromatic carbocycles. The lowest BCUT2D eigenvalue weighted by atomic mass is 9.96. The smallest absolute Gasteiger partial charge is 0.365 e. The van der Waals surface area contributed by atoms with Gasteiger partial charge in [-0.15, -0.1) is 0 Å². The Labute approximate surface area is 170 Å². The van der Waals surface area contributed by atoms with Crippen LogP contribution in [-0.4, -0.2) is 27.9 Å². The first kappa shape index (κ1) is 19.8. The van der Waals surface area contributed by atoms with E-state index in [1.165, 1.54) is 24.3 Å². The van der Waals surface area contributed by atoms with E-state index in [4.69, 9.17) is 0 Å². The van der Waals surface area contributed by atoms with Crippen LogP contribution in [0.1, 0.15) is 22.3 Å². The first-order valence-corrected chi connectivity index (χ1v) is 9.22. The van der Waals surface area contributed by atoms with Crippen molar-refractivity contribution in [2.75, 3.05) is 0 Å². The van der Waals surface area contributed by atoms with E-state index in [9.17, 15) is 23.1 Å². The van der Waals surface area contributed by atoms with Gasteiger partial charge in [0.05, 0.1) is 6.42 Å². The minimum atomic E-state index is -4.76. The van der Waals surface area contributed by atoms with Crippen LogP contribution in [0.15, 0.2) is 90.0 Å². The van der Waals surface area contributed by atoms with Crippen LogP contribution in [0.4, 0.5) is 13.2 Å². The molecule has 3 aromatic rings. The number of carbonyl (C=O) groups is 1. The zero-order chi connectivity index (χ0) is 21.4. The van der Waals surface area contributed by atoms with Gasteiger partial charge in [-0.3, -0.25) is 4.79 Å². The Bertz CT molecular complexity index is 1080. The SMILES string of the molecule is O=C(c1ccc(-c2ccccc2)cc1)N1N=C(C(F)(F)F)C[C@]1(O)c1ccccc1. The Kier molecular flexibility index (Phi) is 4.91. The fourth-order valence-electron chi connectivity index (χ4n) is 3.41. The van der Waals surface area contributed by atoms with Gasteiger partial charge in [0.1, 0.15) is 5.71 Å². The van der Waals surface area contributed by atoms with Crippen molar-refractivity contribution >= 4 is 11.6 Å². The topological polar surface area (TPSA) is 52.9 Å². The second kappa shape index (κ2) is 7.42. The molecule has 0 unspecified atom stereocenters. The highest BCUT2D eigenvalue weighted by atomic mass is 19.4. The molecule has 0 bridgehead atoms. The van der Waals surface area contributed by atoms with Crippen molar-refractivity contribution in [3.63, 3.8) is 0 Å². The molecule has 1 N–H and O–H groups in total.